The third-order valence-electron chi connectivity index (χ3n) is 3.07. The van der Waals surface area contributed by atoms with Crippen LogP contribution < -0.4 is 5.56 Å². The standard InChI is InChI=1S/C16H14N2OS2/c1-2-9-18-15(19)13-8-10-20-14(13)17-16(18)21-11-12-6-4-3-5-7-12/h2-8,10H,1,9,11H2. The normalized spacial score (nSPS) is 10.9. The summed E-state index contributed by atoms with van der Waals surface area (Å²) in [6, 6.07) is 12.0. The third-order valence-corrected chi connectivity index (χ3v) is 4.93. The summed E-state index contributed by atoms with van der Waals surface area (Å²) in [5.41, 5.74) is 1.23. The number of rotatable bonds is 5. The summed E-state index contributed by atoms with van der Waals surface area (Å²) in [4.78, 5) is 17.9. The number of thiophene rings is 1. The van der Waals surface area contributed by atoms with Gasteiger partial charge in [0.1, 0.15) is 4.83 Å². The van der Waals surface area contributed by atoms with E-state index in [0.29, 0.717) is 11.9 Å². The molecule has 0 aliphatic carbocycles. The smallest absolute Gasteiger partial charge is 0.263 e. The van der Waals surface area contributed by atoms with Gasteiger partial charge in [0.2, 0.25) is 0 Å². The second-order valence-electron chi connectivity index (χ2n) is 4.51. The summed E-state index contributed by atoms with van der Waals surface area (Å²) in [6.07, 6.45) is 1.73. The maximum Gasteiger partial charge on any atom is 0.263 e. The van der Waals surface area contributed by atoms with Crippen LogP contribution in [0.15, 0.2) is 64.4 Å². The fourth-order valence-electron chi connectivity index (χ4n) is 2.05. The van der Waals surface area contributed by atoms with Crippen LogP contribution in [0.2, 0.25) is 0 Å². The number of hydrogen-bond acceptors (Lipinski definition) is 4. The zero-order valence-corrected chi connectivity index (χ0v) is 13.0. The summed E-state index contributed by atoms with van der Waals surface area (Å²) in [5.74, 6) is 0.793. The zero-order chi connectivity index (χ0) is 14.7. The van der Waals surface area contributed by atoms with Crippen molar-refractivity contribution in [2.24, 2.45) is 0 Å². The molecule has 21 heavy (non-hydrogen) atoms. The SMILES string of the molecule is C=CCn1c(SCc2ccccc2)nc2sccc2c1=O. The molecule has 0 unspecified atom stereocenters. The van der Waals surface area contributed by atoms with E-state index < -0.39 is 0 Å². The van der Waals surface area contributed by atoms with Gasteiger partial charge in [-0.05, 0) is 17.0 Å². The maximum atomic E-state index is 12.5. The molecule has 0 bridgehead atoms. The Balaban J connectivity index is 1.98. The van der Waals surface area contributed by atoms with E-state index in [0.717, 1.165) is 15.7 Å². The summed E-state index contributed by atoms with van der Waals surface area (Å²) in [5, 5.41) is 3.34. The van der Waals surface area contributed by atoms with Gasteiger partial charge in [-0.2, -0.15) is 0 Å². The highest BCUT2D eigenvalue weighted by Gasteiger charge is 2.11. The van der Waals surface area contributed by atoms with Crippen molar-refractivity contribution < 1.29 is 0 Å². The zero-order valence-electron chi connectivity index (χ0n) is 11.4. The van der Waals surface area contributed by atoms with Gasteiger partial charge < -0.3 is 0 Å². The lowest BCUT2D eigenvalue weighted by atomic mass is 10.2. The molecule has 1 aromatic carbocycles. The number of nitrogens with zero attached hydrogens (tertiary/aromatic N) is 2. The number of aromatic nitrogens is 2. The first kappa shape index (κ1) is 14.1. The molecule has 106 valence electrons. The lowest BCUT2D eigenvalue weighted by molar-refractivity contribution is 0.673. The van der Waals surface area contributed by atoms with E-state index >= 15 is 0 Å². The van der Waals surface area contributed by atoms with Crippen LogP contribution in [0.4, 0.5) is 0 Å². The Morgan fingerprint density at radius 1 is 1.29 bits per heavy atom. The van der Waals surface area contributed by atoms with Gasteiger partial charge in [-0.25, -0.2) is 4.98 Å². The minimum Gasteiger partial charge on any atom is -0.283 e. The fraction of sp³-hybridized carbons (Fsp3) is 0.125. The highest BCUT2D eigenvalue weighted by molar-refractivity contribution is 7.98. The van der Waals surface area contributed by atoms with E-state index in [1.165, 1.54) is 16.9 Å². The van der Waals surface area contributed by atoms with Gasteiger partial charge in [-0.3, -0.25) is 9.36 Å². The third kappa shape index (κ3) is 2.94. The number of thioether (sulfide) groups is 1. The molecule has 0 spiro atoms. The molecule has 0 atom stereocenters. The minimum absolute atomic E-state index is 0.0108. The van der Waals surface area contributed by atoms with Crippen LogP contribution in [-0.2, 0) is 12.3 Å². The first-order valence-corrected chi connectivity index (χ1v) is 8.42. The van der Waals surface area contributed by atoms with E-state index in [2.05, 4.69) is 23.7 Å². The van der Waals surface area contributed by atoms with Gasteiger partial charge in [0.25, 0.3) is 5.56 Å². The van der Waals surface area contributed by atoms with E-state index in [1.54, 1.807) is 22.4 Å². The Bertz CT molecular complexity index is 821. The Morgan fingerprint density at radius 2 is 2.10 bits per heavy atom. The van der Waals surface area contributed by atoms with Gasteiger partial charge in [0.05, 0.1) is 5.39 Å². The molecule has 0 radical (unpaired) electrons. The molecule has 2 aromatic heterocycles. The molecule has 0 N–H and O–H groups in total. The van der Waals surface area contributed by atoms with Crippen molar-refractivity contribution in [2.75, 3.05) is 0 Å². The van der Waals surface area contributed by atoms with Crippen LogP contribution in [0, 0.1) is 0 Å². The van der Waals surface area contributed by atoms with E-state index in [1.807, 2.05) is 29.6 Å². The molecule has 3 nitrogen and oxygen atoms in total. The second-order valence-corrected chi connectivity index (χ2v) is 6.35. The van der Waals surface area contributed by atoms with Gasteiger partial charge in [0, 0.05) is 12.3 Å². The van der Waals surface area contributed by atoms with Crippen LogP contribution in [0.5, 0.6) is 0 Å². The van der Waals surface area contributed by atoms with Crippen molar-refractivity contribution in [2.45, 2.75) is 17.5 Å². The van der Waals surface area contributed by atoms with Crippen molar-refractivity contribution in [3.05, 3.63) is 70.4 Å². The minimum atomic E-state index is 0.0108. The number of hydrogen-bond donors (Lipinski definition) is 0. The Labute approximate surface area is 131 Å². The van der Waals surface area contributed by atoms with Gasteiger partial charge in [-0.15, -0.1) is 17.9 Å². The van der Waals surface area contributed by atoms with Crippen LogP contribution in [0.3, 0.4) is 0 Å². The topological polar surface area (TPSA) is 34.9 Å². The average Bonchev–Trinajstić information content (AvgIpc) is 2.98. The quantitative estimate of drug-likeness (QED) is 0.406. The van der Waals surface area contributed by atoms with Gasteiger partial charge in [-0.1, -0.05) is 48.2 Å². The molecule has 0 aliphatic heterocycles. The molecule has 3 rings (SSSR count). The summed E-state index contributed by atoms with van der Waals surface area (Å²) >= 11 is 3.08. The molecule has 3 aromatic rings. The highest BCUT2D eigenvalue weighted by atomic mass is 32.2. The second kappa shape index (κ2) is 6.28. The lowest BCUT2D eigenvalue weighted by Gasteiger charge is -2.09. The molecule has 0 saturated carbocycles. The van der Waals surface area contributed by atoms with E-state index in [-0.39, 0.29) is 5.56 Å². The summed E-state index contributed by atoms with van der Waals surface area (Å²) in [7, 11) is 0. The van der Waals surface area contributed by atoms with Crippen molar-refractivity contribution in [1.29, 1.82) is 0 Å². The Hall–Kier alpha value is -1.85. The molecule has 0 amide bonds. The molecule has 0 aliphatic rings. The van der Waals surface area contributed by atoms with Crippen LogP contribution >= 0.6 is 23.1 Å². The molecular formula is C16H14N2OS2. The molecule has 0 saturated heterocycles. The molecular weight excluding hydrogens is 300 g/mol. The largest absolute Gasteiger partial charge is 0.283 e. The molecule has 5 heteroatoms. The van der Waals surface area contributed by atoms with Crippen molar-refractivity contribution >= 4 is 33.3 Å². The van der Waals surface area contributed by atoms with Crippen molar-refractivity contribution in [3.8, 4) is 0 Å². The van der Waals surface area contributed by atoms with Crippen LogP contribution in [0.1, 0.15) is 5.56 Å². The fourth-order valence-corrected chi connectivity index (χ4v) is 3.82. The monoisotopic (exact) mass is 314 g/mol. The van der Waals surface area contributed by atoms with Crippen molar-refractivity contribution in [1.82, 2.24) is 9.55 Å². The molecule has 2 heterocycles. The van der Waals surface area contributed by atoms with E-state index in [9.17, 15) is 4.79 Å². The summed E-state index contributed by atoms with van der Waals surface area (Å²) < 4.78 is 1.69. The van der Waals surface area contributed by atoms with E-state index in [4.69, 9.17) is 0 Å². The molecule has 0 fully saturated rings. The predicted molar refractivity (Wildman–Crippen MR) is 90.1 cm³/mol. The first-order chi connectivity index (χ1) is 10.3. The lowest BCUT2D eigenvalue weighted by Crippen LogP contribution is -2.22. The number of allylic oxidation sites excluding steroid dienone is 1. The van der Waals surface area contributed by atoms with Gasteiger partial charge >= 0.3 is 0 Å². The summed E-state index contributed by atoms with van der Waals surface area (Å²) in [6.45, 7) is 4.21. The maximum absolute atomic E-state index is 12.5. The van der Waals surface area contributed by atoms with Crippen LogP contribution in [-0.4, -0.2) is 9.55 Å². The first-order valence-electron chi connectivity index (χ1n) is 6.55. The predicted octanol–water partition coefficient (Wildman–Crippen LogP) is 3.94. The van der Waals surface area contributed by atoms with Crippen LogP contribution in [0.25, 0.3) is 10.2 Å². The Kier molecular flexibility index (Phi) is 4.22. The Morgan fingerprint density at radius 3 is 2.86 bits per heavy atom. The highest BCUT2D eigenvalue weighted by Crippen LogP contribution is 2.24. The van der Waals surface area contributed by atoms with Gasteiger partial charge in [0.15, 0.2) is 5.16 Å². The number of fused-ring (bicyclic) bond motifs is 1. The average molecular weight is 314 g/mol. The van der Waals surface area contributed by atoms with Crippen molar-refractivity contribution in [3.63, 3.8) is 0 Å². The number of benzene rings is 1.